The van der Waals surface area contributed by atoms with Gasteiger partial charge in [0.1, 0.15) is 28.6 Å². The minimum absolute atomic E-state index is 0.0876. The molecule has 32 heavy (non-hydrogen) atoms. The van der Waals surface area contributed by atoms with Crippen molar-refractivity contribution in [1.82, 2.24) is 15.1 Å². The Balaban J connectivity index is 1.61. The monoisotopic (exact) mass is 425 g/mol. The Bertz CT molecular complexity index is 1270. The first kappa shape index (κ1) is 19.9. The second-order valence-electron chi connectivity index (χ2n) is 7.77. The van der Waals surface area contributed by atoms with Crippen LogP contribution in [-0.2, 0) is 0 Å². The minimum Gasteiger partial charge on any atom is -0.507 e. The molecular weight excluding hydrogens is 402 g/mol. The topological polar surface area (TPSA) is 78.5 Å². The highest BCUT2D eigenvalue weighted by Gasteiger charge is 2.42. The van der Waals surface area contributed by atoms with E-state index in [0.29, 0.717) is 29.2 Å². The van der Waals surface area contributed by atoms with Crippen LogP contribution < -0.4 is 4.74 Å². The van der Waals surface area contributed by atoms with Gasteiger partial charge in [-0.15, -0.1) is 0 Å². The predicted octanol–water partition coefficient (Wildman–Crippen LogP) is 5.53. The van der Waals surface area contributed by atoms with Gasteiger partial charge in [0, 0.05) is 17.7 Å². The summed E-state index contributed by atoms with van der Waals surface area (Å²) in [6.07, 6.45) is 0.825. The summed E-state index contributed by atoms with van der Waals surface area (Å²) in [7, 11) is 0. The van der Waals surface area contributed by atoms with Crippen LogP contribution in [0.4, 0.5) is 0 Å². The van der Waals surface area contributed by atoms with E-state index in [1.807, 2.05) is 78.6 Å². The maximum Gasteiger partial charge on any atom is 0.273 e. The smallest absolute Gasteiger partial charge is 0.273 e. The first-order valence-electron chi connectivity index (χ1n) is 10.7. The van der Waals surface area contributed by atoms with Gasteiger partial charge in [-0.1, -0.05) is 49.4 Å². The molecule has 4 aromatic rings. The molecule has 0 saturated heterocycles. The molecule has 1 aromatic heterocycles. The number of H-pyrrole nitrogens is 1. The van der Waals surface area contributed by atoms with Crippen LogP contribution in [0.15, 0.2) is 78.9 Å². The zero-order valence-corrected chi connectivity index (χ0v) is 17.7. The van der Waals surface area contributed by atoms with E-state index in [4.69, 9.17) is 4.74 Å². The third-order valence-electron chi connectivity index (χ3n) is 5.64. The SMILES string of the molecule is CCCN1C(=O)c2[nH]nc(-c3ccccc3O)c2C1c1cccc(Oc2ccccc2)c1. The Hall–Kier alpha value is -4.06. The van der Waals surface area contributed by atoms with Crippen molar-refractivity contribution in [3.63, 3.8) is 0 Å². The molecule has 0 bridgehead atoms. The lowest BCUT2D eigenvalue weighted by Gasteiger charge is -2.26. The molecule has 1 amide bonds. The van der Waals surface area contributed by atoms with Crippen LogP contribution in [0.25, 0.3) is 11.3 Å². The summed E-state index contributed by atoms with van der Waals surface area (Å²) < 4.78 is 6.04. The van der Waals surface area contributed by atoms with Crippen molar-refractivity contribution in [3.8, 4) is 28.5 Å². The summed E-state index contributed by atoms with van der Waals surface area (Å²) in [4.78, 5) is 15.1. The average Bonchev–Trinajstić information content (AvgIpc) is 3.35. The van der Waals surface area contributed by atoms with Gasteiger partial charge in [0.2, 0.25) is 0 Å². The number of para-hydroxylation sites is 2. The lowest BCUT2D eigenvalue weighted by atomic mass is 9.95. The van der Waals surface area contributed by atoms with Crippen LogP contribution in [0.3, 0.4) is 0 Å². The number of phenols is 1. The van der Waals surface area contributed by atoms with Crippen LogP contribution in [-0.4, -0.2) is 32.7 Å². The molecule has 2 heterocycles. The van der Waals surface area contributed by atoms with Crippen LogP contribution in [0.2, 0.25) is 0 Å². The number of phenolic OH excluding ortho intramolecular Hbond substituents is 1. The largest absolute Gasteiger partial charge is 0.507 e. The van der Waals surface area contributed by atoms with Crippen molar-refractivity contribution < 1.29 is 14.6 Å². The molecule has 1 atom stereocenters. The number of benzene rings is 3. The number of carbonyl (C=O) groups is 1. The van der Waals surface area contributed by atoms with Gasteiger partial charge in [0.25, 0.3) is 5.91 Å². The summed E-state index contributed by atoms with van der Waals surface area (Å²) >= 11 is 0. The molecule has 6 nitrogen and oxygen atoms in total. The van der Waals surface area contributed by atoms with Gasteiger partial charge in [0.15, 0.2) is 0 Å². The molecule has 0 aliphatic carbocycles. The van der Waals surface area contributed by atoms with E-state index in [-0.39, 0.29) is 17.7 Å². The van der Waals surface area contributed by atoms with Crippen LogP contribution in [0.5, 0.6) is 17.2 Å². The lowest BCUT2D eigenvalue weighted by Crippen LogP contribution is -2.30. The summed E-state index contributed by atoms with van der Waals surface area (Å²) in [6, 6.07) is 24.1. The van der Waals surface area contributed by atoms with Crippen molar-refractivity contribution in [3.05, 3.63) is 95.7 Å². The number of aromatic hydroxyl groups is 1. The summed E-state index contributed by atoms with van der Waals surface area (Å²) in [5.41, 5.74) is 3.36. The molecule has 1 unspecified atom stereocenters. The third-order valence-corrected chi connectivity index (χ3v) is 5.64. The summed E-state index contributed by atoms with van der Waals surface area (Å²) in [5, 5.41) is 17.8. The molecule has 0 saturated carbocycles. The molecule has 1 aliphatic rings. The second kappa shape index (κ2) is 8.23. The first-order chi connectivity index (χ1) is 15.7. The molecule has 0 fully saturated rings. The third kappa shape index (κ3) is 3.39. The number of carbonyl (C=O) groups excluding carboxylic acids is 1. The number of ether oxygens (including phenoxy) is 1. The molecule has 160 valence electrons. The second-order valence-corrected chi connectivity index (χ2v) is 7.77. The van der Waals surface area contributed by atoms with Gasteiger partial charge in [-0.2, -0.15) is 5.10 Å². The number of amides is 1. The maximum atomic E-state index is 13.2. The van der Waals surface area contributed by atoms with E-state index in [2.05, 4.69) is 10.2 Å². The standard InChI is InChI=1S/C26H23N3O3/c1-2-15-29-25(17-9-8-12-19(16-17)32-18-10-4-3-5-11-18)22-23(27-28-24(22)26(29)31)20-13-6-7-14-21(20)30/h3-14,16,25,30H,2,15H2,1H3,(H,27,28). The zero-order chi connectivity index (χ0) is 22.1. The quantitative estimate of drug-likeness (QED) is 0.426. The number of hydrogen-bond acceptors (Lipinski definition) is 4. The molecule has 5 rings (SSSR count). The Morgan fingerprint density at radius 3 is 2.53 bits per heavy atom. The van der Waals surface area contributed by atoms with Gasteiger partial charge in [-0.25, -0.2) is 0 Å². The van der Waals surface area contributed by atoms with E-state index < -0.39 is 0 Å². The van der Waals surface area contributed by atoms with Gasteiger partial charge in [0.05, 0.1) is 6.04 Å². The molecule has 6 heteroatoms. The highest BCUT2D eigenvalue weighted by molar-refractivity contribution is 6.00. The molecular formula is C26H23N3O3. The minimum atomic E-state index is -0.329. The fraction of sp³-hybridized carbons (Fsp3) is 0.154. The number of hydrogen-bond donors (Lipinski definition) is 2. The number of nitrogens with zero attached hydrogens (tertiary/aromatic N) is 2. The Kier molecular flexibility index (Phi) is 5.11. The molecule has 0 radical (unpaired) electrons. The molecule has 3 aromatic carbocycles. The predicted molar refractivity (Wildman–Crippen MR) is 122 cm³/mol. The Labute approximate surface area is 186 Å². The van der Waals surface area contributed by atoms with E-state index in [1.54, 1.807) is 12.1 Å². The van der Waals surface area contributed by atoms with E-state index in [0.717, 1.165) is 23.3 Å². The summed E-state index contributed by atoms with van der Waals surface area (Å²) in [6.45, 7) is 2.66. The zero-order valence-electron chi connectivity index (χ0n) is 17.7. The fourth-order valence-electron chi connectivity index (χ4n) is 4.27. The van der Waals surface area contributed by atoms with E-state index in [9.17, 15) is 9.90 Å². The van der Waals surface area contributed by atoms with Crippen LogP contribution in [0.1, 0.15) is 41.0 Å². The first-order valence-corrected chi connectivity index (χ1v) is 10.7. The van der Waals surface area contributed by atoms with Crippen LogP contribution in [0, 0.1) is 0 Å². The maximum absolute atomic E-state index is 13.2. The van der Waals surface area contributed by atoms with Crippen molar-refractivity contribution in [2.45, 2.75) is 19.4 Å². The van der Waals surface area contributed by atoms with Gasteiger partial charge in [-0.05, 0) is 48.4 Å². The van der Waals surface area contributed by atoms with Gasteiger partial charge in [-0.3, -0.25) is 9.89 Å². The van der Waals surface area contributed by atoms with Gasteiger partial charge >= 0.3 is 0 Å². The van der Waals surface area contributed by atoms with Crippen molar-refractivity contribution >= 4 is 5.91 Å². The van der Waals surface area contributed by atoms with Crippen LogP contribution >= 0.6 is 0 Å². The highest BCUT2D eigenvalue weighted by atomic mass is 16.5. The Morgan fingerprint density at radius 1 is 1.00 bits per heavy atom. The number of rotatable bonds is 6. The number of nitrogens with one attached hydrogen (secondary N) is 1. The lowest BCUT2D eigenvalue weighted by molar-refractivity contribution is 0.0744. The molecule has 1 aliphatic heterocycles. The highest BCUT2D eigenvalue weighted by Crippen LogP contribution is 2.45. The normalized spacial score (nSPS) is 15.1. The summed E-state index contributed by atoms with van der Waals surface area (Å²) in [5.74, 6) is 1.48. The number of fused-ring (bicyclic) bond motifs is 1. The average molecular weight is 425 g/mol. The fourth-order valence-corrected chi connectivity index (χ4v) is 4.27. The van der Waals surface area contributed by atoms with Crippen molar-refractivity contribution in [2.24, 2.45) is 0 Å². The van der Waals surface area contributed by atoms with E-state index >= 15 is 0 Å². The van der Waals surface area contributed by atoms with Crippen molar-refractivity contribution in [1.29, 1.82) is 0 Å². The van der Waals surface area contributed by atoms with E-state index in [1.165, 1.54) is 0 Å². The van der Waals surface area contributed by atoms with Crippen molar-refractivity contribution in [2.75, 3.05) is 6.54 Å². The molecule has 2 N–H and O–H groups in total. The number of aromatic nitrogens is 2. The number of aromatic amines is 1. The Morgan fingerprint density at radius 2 is 1.75 bits per heavy atom. The molecule has 0 spiro atoms. The van der Waals surface area contributed by atoms with Gasteiger partial charge < -0.3 is 14.7 Å².